The Hall–Kier alpha value is -4.44. The Labute approximate surface area is 233 Å². The van der Waals surface area contributed by atoms with Crippen LogP contribution in [0.25, 0.3) is 0 Å². The summed E-state index contributed by atoms with van der Waals surface area (Å²) in [7, 11) is 1.69. The molecule has 0 spiro atoms. The molecule has 5 rings (SSSR count). The zero-order valence-corrected chi connectivity index (χ0v) is 22.4. The number of benzene rings is 2. The van der Waals surface area contributed by atoms with Crippen LogP contribution in [0, 0.1) is 0 Å². The van der Waals surface area contributed by atoms with Crippen LogP contribution < -0.4 is 15.0 Å². The van der Waals surface area contributed by atoms with Gasteiger partial charge in [0, 0.05) is 26.3 Å². The van der Waals surface area contributed by atoms with E-state index in [1.54, 1.807) is 13.2 Å². The topological polar surface area (TPSA) is 118 Å². The Kier molecular flexibility index (Phi) is 8.87. The molecule has 0 radical (unpaired) electrons. The molecule has 1 unspecified atom stereocenters. The van der Waals surface area contributed by atoms with Crippen molar-refractivity contribution in [3.63, 3.8) is 0 Å². The van der Waals surface area contributed by atoms with E-state index in [2.05, 4.69) is 25.5 Å². The van der Waals surface area contributed by atoms with Crippen molar-refractivity contribution in [1.82, 2.24) is 10.3 Å². The highest BCUT2D eigenvalue weighted by molar-refractivity contribution is 6.38. The summed E-state index contributed by atoms with van der Waals surface area (Å²) >= 11 is 0. The van der Waals surface area contributed by atoms with Gasteiger partial charge in [-0.05, 0) is 54.7 Å². The van der Waals surface area contributed by atoms with Crippen molar-refractivity contribution in [2.24, 2.45) is 15.2 Å². The molecule has 40 heavy (non-hydrogen) atoms. The molecule has 10 heteroatoms. The van der Waals surface area contributed by atoms with Crippen LogP contribution in [0.5, 0.6) is 5.75 Å². The van der Waals surface area contributed by atoms with Crippen LogP contribution in [0.3, 0.4) is 0 Å². The Morgan fingerprint density at radius 1 is 1.07 bits per heavy atom. The lowest BCUT2D eigenvalue weighted by Crippen LogP contribution is -2.50. The number of ether oxygens (including phenoxy) is 2. The van der Waals surface area contributed by atoms with Crippen molar-refractivity contribution in [2.45, 2.75) is 44.5 Å². The van der Waals surface area contributed by atoms with Gasteiger partial charge in [-0.25, -0.2) is 4.99 Å². The summed E-state index contributed by atoms with van der Waals surface area (Å²) in [6.07, 6.45) is 4.55. The fraction of sp³-hybridized carbons (Fsp3) is 0.333. The number of aromatic nitrogens is 1. The third kappa shape index (κ3) is 6.95. The molecule has 206 valence electrons. The summed E-state index contributed by atoms with van der Waals surface area (Å²) in [5, 5.41) is 10.8. The van der Waals surface area contributed by atoms with E-state index in [9.17, 15) is 9.59 Å². The summed E-state index contributed by atoms with van der Waals surface area (Å²) in [6.45, 7) is 1.17. The van der Waals surface area contributed by atoms with Gasteiger partial charge in [0.25, 0.3) is 11.8 Å². The van der Waals surface area contributed by atoms with E-state index >= 15 is 0 Å². The molecule has 2 atom stereocenters. The molecule has 3 aromatic rings. The number of rotatable bonds is 11. The average molecular weight is 541 g/mol. The van der Waals surface area contributed by atoms with Crippen LogP contribution in [0.1, 0.15) is 29.7 Å². The largest absolute Gasteiger partial charge is 0.489 e. The number of anilines is 1. The number of likely N-dealkylation sites (N-methyl/N-ethyl adjacent to an activating group) is 1. The molecule has 1 N–H and O–H groups in total. The molecule has 1 aromatic heterocycles. The molecule has 2 aliphatic heterocycles. The fourth-order valence-electron chi connectivity index (χ4n) is 4.55. The molecule has 10 nitrogen and oxygen atoms in total. The van der Waals surface area contributed by atoms with Crippen molar-refractivity contribution in [1.29, 1.82) is 0 Å². The number of azo groups is 1. The number of carbonyl (C=O) groups excluding carboxylic acids is 2. The van der Waals surface area contributed by atoms with E-state index in [4.69, 9.17) is 9.47 Å². The minimum atomic E-state index is -0.879. The molecule has 0 aliphatic carbocycles. The van der Waals surface area contributed by atoms with Gasteiger partial charge in [0.2, 0.25) is 5.84 Å². The number of amidine groups is 1. The minimum absolute atomic E-state index is 0.00668. The van der Waals surface area contributed by atoms with Gasteiger partial charge in [0.15, 0.2) is 6.17 Å². The standard InChI is InChI=1S/C30H32N6O4/c1-36-25-17-22(11-6-8-16-39-19-23-12-5-7-15-31-23)13-14-26(25)40-20-24(30(36)38)32-29(37)28-33-27(34-35-28)18-21-9-3-2-4-10-21/h2-5,7,9-10,12-15,17,24,27H,6,8,11,16,18-20H2,1H3,(H,32,37)/t24-,27?/m0/s1. The first-order chi connectivity index (χ1) is 19.6. The van der Waals surface area contributed by atoms with E-state index < -0.39 is 18.1 Å². The van der Waals surface area contributed by atoms with Gasteiger partial charge in [-0.1, -0.05) is 42.5 Å². The number of pyridine rings is 1. The molecule has 3 heterocycles. The predicted molar refractivity (Wildman–Crippen MR) is 150 cm³/mol. The first-order valence-corrected chi connectivity index (χ1v) is 13.4. The lowest BCUT2D eigenvalue weighted by Gasteiger charge is -2.20. The van der Waals surface area contributed by atoms with Crippen molar-refractivity contribution in [3.05, 3.63) is 89.7 Å². The summed E-state index contributed by atoms with van der Waals surface area (Å²) in [6, 6.07) is 20.5. The first-order valence-electron chi connectivity index (χ1n) is 13.4. The molecule has 0 fully saturated rings. The van der Waals surface area contributed by atoms with Gasteiger partial charge in [0.05, 0.1) is 18.0 Å². The van der Waals surface area contributed by atoms with Crippen LogP contribution >= 0.6 is 0 Å². The first kappa shape index (κ1) is 27.1. The number of unbranched alkanes of at least 4 members (excludes halogenated alkanes) is 1. The highest BCUT2D eigenvalue weighted by atomic mass is 16.5. The highest BCUT2D eigenvalue weighted by Gasteiger charge is 2.32. The third-order valence-electron chi connectivity index (χ3n) is 6.73. The second-order valence-electron chi connectivity index (χ2n) is 9.71. The van der Waals surface area contributed by atoms with Gasteiger partial charge in [-0.3, -0.25) is 14.6 Å². The van der Waals surface area contributed by atoms with Gasteiger partial charge in [-0.15, -0.1) is 5.11 Å². The van der Waals surface area contributed by atoms with Crippen LogP contribution in [-0.4, -0.2) is 55.1 Å². The predicted octanol–water partition coefficient (Wildman–Crippen LogP) is 3.89. The average Bonchev–Trinajstić information content (AvgIpc) is 3.42. The Morgan fingerprint density at radius 2 is 1.93 bits per heavy atom. The Balaban J connectivity index is 1.11. The van der Waals surface area contributed by atoms with Crippen molar-refractivity contribution >= 4 is 23.3 Å². The lowest BCUT2D eigenvalue weighted by atomic mass is 10.1. The number of nitrogens with one attached hydrogen (secondary N) is 1. The second kappa shape index (κ2) is 13.1. The monoisotopic (exact) mass is 540 g/mol. The number of nitrogens with zero attached hydrogens (tertiary/aromatic N) is 5. The molecule has 2 aromatic carbocycles. The number of aliphatic imine (C=N–C) groups is 1. The minimum Gasteiger partial charge on any atom is -0.489 e. The third-order valence-corrected chi connectivity index (χ3v) is 6.73. The maximum absolute atomic E-state index is 13.2. The summed E-state index contributed by atoms with van der Waals surface area (Å²) in [4.78, 5) is 36.2. The maximum Gasteiger partial charge on any atom is 0.291 e. The van der Waals surface area contributed by atoms with Gasteiger partial charge in [-0.2, -0.15) is 5.11 Å². The summed E-state index contributed by atoms with van der Waals surface area (Å²) in [5.74, 6) is -0.268. The number of hydrogen-bond donors (Lipinski definition) is 1. The van der Waals surface area contributed by atoms with E-state index in [0.717, 1.165) is 36.1 Å². The van der Waals surface area contributed by atoms with Crippen molar-refractivity contribution < 1.29 is 19.1 Å². The smallest absolute Gasteiger partial charge is 0.291 e. The molecule has 0 saturated carbocycles. The number of carbonyl (C=O) groups is 2. The fourth-order valence-corrected chi connectivity index (χ4v) is 4.55. The zero-order chi connectivity index (χ0) is 27.7. The van der Waals surface area contributed by atoms with Crippen LogP contribution in [0.15, 0.2) is 88.1 Å². The number of fused-ring (bicyclic) bond motifs is 1. The van der Waals surface area contributed by atoms with Crippen LogP contribution in [0.2, 0.25) is 0 Å². The highest BCUT2D eigenvalue weighted by Crippen LogP contribution is 2.32. The van der Waals surface area contributed by atoms with Gasteiger partial charge < -0.3 is 19.7 Å². The summed E-state index contributed by atoms with van der Waals surface area (Å²) < 4.78 is 11.6. The quantitative estimate of drug-likeness (QED) is 0.370. The Bertz CT molecular complexity index is 1380. The number of aryl methyl sites for hydroxylation is 1. The van der Waals surface area contributed by atoms with E-state index in [1.807, 2.05) is 66.7 Å². The molecular weight excluding hydrogens is 508 g/mol. The van der Waals surface area contributed by atoms with Crippen LogP contribution in [-0.2, 0) is 33.8 Å². The van der Waals surface area contributed by atoms with E-state index in [0.29, 0.717) is 31.1 Å². The summed E-state index contributed by atoms with van der Waals surface area (Å²) in [5.41, 5.74) is 3.74. The SMILES string of the molecule is CN1C(=O)[C@@H](NC(=O)C2=NC(Cc3ccccc3)N=N2)COc2ccc(CCCCOCc3ccccn3)cc21. The van der Waals surface area contributed by atoms with E-state index in [-0.39, 0.29) is 18.3 Å². The lowest BCUT2D eigenvalue weighted by molar-refractivity contribution is -0.124. The second-order valence-corrected chi connectivity index (χ2v) is 9.71. The van der Waals surface area contributed by atoms with Crippen molar-refractivity contribution in [3.8, 4) is 5.75 Å². The number of hydrogen-bond acceptors (Lipinski definition) is 8. The van der Waals surface area contributed by atoms with Gasteiger partial charge in [0.1, 0.15) is 18.4 Å². The Morgan fingerprint density at radius 3 is 2.75 bits per heavy atom. The molecule has 2 aliphatic rings. The van der Waals surface area contributed by atoms with E-state index in [1.165, 1.54) is 4.90 Å². The maximum atomic E-state index is 13.2. The molecule has 0 saturated heterocycles. The van der Waals surface area contributed by atoms with Crippen molar-refractivity contribution in [2.75, 3.05) is 25.2 Å². The van der Waals surface area contributed by atoms with Gasteiger partial charge >= 0.3 is 0 Å². The van der Waals surface area contributed by atoms with Crippen LogP contribution in [0.4, 0.5) is 5.69 Å². The molecule has 2 amide bonds. The normalized spacial score (nSPS) is 18.1. The number of amides is 2. The molecular formula is C30H32N6O4. The molecule has 0 bridgehead atoms. The zero-order valence-electron chi connectivity index (χ0n) is 22.4.